The van der Waals surface area contributed by atoms with Gasteiger partial charge in [0, 0.05) is 43.8 Å². The van der Waals surface area contributed by atoms with Crippen molar-refractivity contribution >= 4 is 17.2 Å². The molecule has 1 saturated heterocycles. The zero-order valence-corrected chi connectivity index (χ0v) is 16.0. The van der Waals surface area contributed by atoms with Crippen LogP contribution in [0.1, 0.15) is 0 Å². The van der Waals surface area contributed by atoms with Crippen LogP contribution in [0.4, 0.5) is 11.6 Å². The maximum atomic E-state index is 5.39. The molecule has 0 spiro atoms. The maximum absolute atomic E-state index is 5.39. The molecule has 1 aliphatic rings. The van der Waals surface area contributed by atoms with Crippen LogP contribution in [0.25, 0.3) is 16.8 Å². The van der Waals surface area contributed by atoms with E-state index in [1.807, 2.05) is 45.9 Å². The molecule has 0 saturated carbocycles. The number of aromatic nitrogens is 6. The summed E-state index contributed by atoms with van der Waals surface area (Å²) < 4.78 is 9.20. The Morgan fingerprint density at radius 1 is 1.03 bits per heavy atom. The standard InChI is InChI=1S/C20H22N8O/c1-2-16(12-21-5-1)19-4-3-18-14-22-20(25-28(18)19)24-17-13-23-27(15-17)7-6-26-8-10-29-11-9-26/h1-5,12-15H,6-11H2,(H,24,25). The lowest BCUT2D eigenvalue weighted by molar-refractivity contribution is 0.0360. The first-order valence-electron chi connectivity index (χ1n) is 9.70. The Morgan fingerprint density at radius 2 is 1.97 bits per heavy atom. The Bertz CT molecular complexity index is 1080. The van der Waals surface area contributed by atoms with E-state index in [1.165, 1.54) is 0 Å². The number of nitrogens with zero attached hydrogens (tertiary/aromatic N) is 7. The van der Waals surface area contributed by atoms with Gasteiger partial charge in [0.1, 0.15) is 0 Å². The van der Waals surface area contributed by atoms with Crippen LogP contribution in [0.5, 0.6) is 0 Å². The summed E-state index contributed by atoms with van der Waals surface area (Å²) in [5.41, 5.74) is 3.77. The minimum atomic E-state index is 0.520. The first kappa shape index (κ1) is 17.8. The van der Waals surface area contributed by atoms with E-state index >= 15 is 0 Å². The second-order valence-electron chi connectivity index (χ2n) is 6.95. The van der Waals surface area contributed by atoms with Crippen molar-refractivity contribution in [3.63, 3.8) is 0 Å². The summed E-state index contributed by atoms with van der Waals surface area (Å²) >= 11 is 0. The van der Waals surface area contributed by atoms with Gasteiger partial charge in [0.15, 0.2) is 0 Å². The van der Waals surface area contributed by atoms with Gasteiger partial charge in [-0.1, -0.05) is 0 Å². The summed E-state index contributed by atoms with van der Waals surface area (Å²) in [6, 6.07) is 7.95. The molecule has 9 nitrogen and oxygen atoms in total. The lowest BCUT2D eigenvalue weighted by Crippen LogP contribution is -2.38. The molecule has 0 atom stereocenters. The predicted octanol–water partition coefficient (Wildman–Crippen LogP) is 2.06. The normalized spacial score (nSPS) is 15.0. The van der Waals surface area contributed by atoms with Crippen molar-refractivity contribution in [1.29, 1.82) is 0 Å². The highest BCUT2D eigenvalue weighted by molar-refractivity contribution is 5.66. The number of morpholine rings is 1. The molecule has 148 valence electrons. The molecule has 5 heterocycles. The van der Waals surface area contributed by atoms with Crippen molar-refractivity contribution in [3.05, 3.63) is 55.2 Å². The van der Waals surface area contributed by atoms with E-state index in [-0.39, 0.29) is 0 Å². The summed E-state index contributed by atoms with van der Waals surface area (Å²) in [4.78, 5) is 11.0. The SMILES string of the molecule is c1cncc(-c2ccc3cnc(Nc4cnn(CCN5CCOCC5)c4)nn23)c1. The summed E-state index contributed by atoms with van der Waals surface area (Å²) in [6.45, 7) is 5.39. The second-order valence-corrected chi connectivity index (χ2v) is 6.95. The molecule has 5 rings (SSSR count). The molecule has 0 aromatic carbocycles. The minimum absolute atomic E-state index is 0.520. The third-order valence-electron chi connectivity index (χ3n) is 4.99. The van der Waals surface area contributed by atoms with Crippen LogP contribution in [0.15, 0.2) is 55.2 Å². The zero-order chi connectivity index (χ0) is 19.5. The molecule has 0 aliphatic carbocycles. The molecule has 0 radical (unpaired) electrons. The molecule has 4 aromatic rings. The van der Waals surface area contributed by atoms with Crippen LogP contribution in [-0.2, 0) is 11.3 Å². The fourth-order valence-corrected chi connectivity index (χ4v) is 3.44. The Hall–Kier alpha value is -3.30. The molecule has 1 fully saturated rings. The van der Waals surface area contributed by atoms with Gasteiger partial charge in [0.05, 0.1) is 49.1 Å². The van der Waals surface area contributed by atoms with E-state index in [2.05, 4.69) is 30.4 Å². The fraction of sp³-hybridized carbons (Fsp3) is 0.300. The van der Waals surface area contributed by atoms with E-state index in [9.17, 15) is 0 Å². The summed E-state index contributed by atoms with van der Waals surface area (Å²) in [7, 11) is 0. The molecule has 0 unspecified atom stereocenters. The Morgan fingerprint density at radius 3 is 2.83 bits per heavy atom. The number of fused-ring (bicyclic) bond motifs is 1. The molecular weight excluding hydrogens is 368 g/mol. The summed E-state index contributed by atoms with van der Waals surface area (Å²) in [5.74, 6) is 0.520. The third-order valence-corrected chi connectivity index (χ3v) is 4.99. The van der Waals surface area contributed by atoms with Crippen LogP contribution in [-0.4, -0.2) is 67.1 Å². The topological polar surface area (TPSA) is 85.4 Å². The number of hydrogen-bond donors (Lipinski definition) is 1. The second kappa shape index (κ2) is 7.98. The van der Waals surface area contributed by atoms with Gasteiger partial charge < -0.3 is 10.1 Å². The Balaban J connectivity index is 1.30. The minimum Gasteiger partial charge on any atom is -0.379 e. The highest BCUT2D eigenvalue weighted by Crippen LogP contribution is 2.21. The van der Waals surface area contributed by atoms with Gasteiger partial charge in [-0.2, -0.15) is 5.10 Å². The number of pyridine rings is 1. The largest absolute Gasteiger partial charge is 0.379 e. The van der Waals surface area contributed by atoms with Crippen LogP contribution in [0, 0.1) is 0 Å². The van der Waals surface area contributed by atoms with Crippen LogP contribution in [0.2, 0.25) is 0 Å². The quantitative estimate of drug-likeness (QED) is 0.539. The molecule has 0 bridgehead atoms. The van der Waals surface area contributed by atoms with Gasteiger partial charge >= 0.3 is 0 Å². The fourth-order valence-electron chi connectivity index (χ4n) is 3.44. The molecule has 29 heavy (non-hydrogen) atoms. The Kier molecular flexibility index (Phi) is 4.89. The molecule has 9 heteroatoms. The predicted molar refractivity (Wildman–Crippen MR) is 109 cm³/mol. The van der Waals surface area contributed by atoms with Crippen molar-refractivity contribution < 1.29 is 4.74 Å². The number of rotatable bonds is 6. The third kappa shape index (κ3) is 3.96. The average molecular weight is 390 g/mol. The smallest absolute Gasteiger partial charge is 0.245 e. The molecular formula is C20H22N8O. The number of ether oxygens (including phenoxy) is 1. The summed E-state index contributed by atoms with van der Waals surface area (Å²) in [6.07, 6.45) is 9.17. The van der Waals surface area contributed by atoms with Gasteiger partial charge in [-0.15, -0.1) is 5.10 Å². The molecule has 1 N–H and O–H groups in total. The molecule has 0 amide bonds. The molecule has 1 aliphatic heterocycles. The zero-order valence-electron chi connectivity index (χ0n) is 16.0. The van der Waals surface area contributed by atoms with Gasteiger partial charge in [-0.3, -0.25) is 14.6 Å². The maximum Gasteiger partial charge on any atom is 0.245 e. The van der Waals surface area contributed by atoms with Gasteiger partial charge in [0.25, 0.3) is 0 Å². The van der Waals surface area contributed by atoms with Crippen molar-refractivity contribution in [2.45, 2.75) is 6.54 Å². The monoisotopic (exact) mass is 390 g/mol. The van der Waals surface area contributed by atoms with E-state index in [1.54, 1.807) is 18.6 Å². The van der Waals surface area contributed by atoms with Crippen LogP contribution < -0.4 is 5.32 Å². The van der Waals surface area contributed by atoms with Crippen LogP contribution >= 0.6 is 0 Å². The van der Waals surface area contributed by atoms with Crippen LogP contribution in [0.3, 0.4) is 0 Å². The van der Waals surface area contributed by atoms with E-state index < -0.39 is 0 Å². The van der Waals surface area contributed by atoms with Crippen molar-refractivity contribution in [3.8, 4) is 11.3 Å². The van der Waals surface area contributed by atoms with Gasteiger partial charge in [-0.05, 0) is 24.3 Å². The Labute approximate surface area is 168 Å². The van der Waals surface area contributed by atoms with Crippen molar-refractivity contribution in [1.82, 2.24) is 34.3 Å². The summed E-state index contributed by atoms with van der Waals surface area (Å²) in [5, 5.41) is 12.3. The van der Waals surface area contributed by atoms with Gasteiger partial charge in [0.2, 0.25) is 5.95 Å². The van der Waals surface area contributed by atoms with Crippen molar-refractivity contribution in [2.75, 3.05) is 38.2 Å². The highest BCUT2D eigenvalue weighted by atomic mass is 16.5. The van der Waals surface area contributed by atoms with Crippen molar-refractivity contribution in [2.24, 2.45) is 0 Å². The molecule has 4 aromatic heterocycles. The lowest BCUT2D eigenvalue weighted by atomic mass is 10.2. The first-order valence-corrected chi connectivity index (χ1v) is 9.70. The average Bonchev–Trinajstić information content (AvgIpc) is 3.40. The number of nitrogens with one attached hydrogen (secondary N) is 1. The van der Waals surface area contributed by atoms with E-state index in [4.69, 9.17) is 4.74 Å². The number of anilines is 2. The lowest BCUT2D eigenvalue weighted by Gasteiger charge is -2.26. The van der Waals surface area contributed by atoms with Gasteiger partial charge in [-0.25, -0.2) is 9.50 Å². The van der Waals surface area contributed by atoms with E-state index in [0.29, 0.717) is 5.95 Å². The van der Waals surface area contributed by atoms with E-state index in [0.717, 1.165) is 61.9 Å². The highest BCUT2D eigenvalue weighted by Gasteiger charge is 2.11. The first-order chi connectivity index (χ1) is 14.3. The number of hydrogen-bond acceptors (Lipinski definition) is 7.